The van der Waals surface area contributed by atoms with Gasteiger partial charge in [0.2, 0.25) is 0 Å². The van der Waals surface area contributed by atoms with Crippen molar-refractivity contribution in [2.75, 3.05) is 27.2 Å². The third kappa shape index (κ3) is 9.03. The first-order valence-corrected chi connectivity index (χ1v) is 8.24. The van der Waals surface area contributed by atoms with E-state index in [4.69, 9.17) is 4.74 Å². The van der Waals surface area contributed by atoms with Gasteiger partial charge in [0, 0.05) is 27.2 Å². The van der Waals surface area contributed by atoms with Crippen molar-refractivity contribution in [3.63, 3.8) is 0 Å². The molecule has 5 heteroatoms. The zero-order valence-corrected chi connectivity index (χ0v) is 17.5. The molecule has 0 atom stereocenters. The molecule has 1 aromatic rings. The Morgan fingerprint density at radius 2 is 1.91 bits per heavy atom. The van der Waals surface area contributed by atoms with Crippen molar-refractivity contribution in [2.45, 2.75) is 46.1 Å². The van der Waals surface area contributed by atoms with Crippen LogP contribution in [0.4, 0.5) is 0 Å². The number of benzene rings is 1. The van der Waals surface area contributed by atoms with Gasteiger partial charge in [-0.15, -0.1) is 24.0 Å². The molecule has 0 amide bonds. The molecule has 0 unspecified atom stereocenters. The molecule has 0 radical (unpaired) electrons. The molecule has 0 aliphatic rings. The lowest BCUT2D eigenvalue weighted by Crippen LogP contribution is -2.40. The normalized spacial score (nSPS) is 11.1. The maximum absolute atomic E-state index is 5.66. The van der Waals surface area contributed by atoms with Crippen molar-refractivity contribution in [1.29, 1.82) is 0 Å². The topological polar surface area (TPSA) is 36.9 Å². The van der Waals surface area contributed by atoms with Crippen molar-refractivity contribution in [1.82, 2.24) is 10.2 Å². The highest BCUT2D eigenvalue weighted by atomic mass is 127. The van der Waals surface area contributed by atoms with Gasteiger partial charge in [-0.25, -0.2) is 0 Å². The van der Waals surface area contributed by atoms with E-state index in [0.29, 0.717) is 0 Å². The van der Waals surface area contributed by atoms with E-state index < -0.39 is 0 Å². The zero-order valence-electron chi connectivity index (χ0n) is 15.1. The van der Waals surface area contributed by atoms with Crippen LogP contribution in [-0.4, -0.2) is 44.1 Å². The number of unbranched alkanes of at least 4 members (excludes halogenated alkanes) is 1. The van der Waals surface area contributed by atoms with Gasteiger partial charge >= 0.3 is 0 Å². The SMILES string of the molecule is CCCCN(C)C(=NC)NCCc1ccc(OC(C)C)cc1.I. The highest BCUT2D eigenvalue weighted by Gasteiger charge is 2.04. The second-order valence-electron chi connectivity index (χ2n) is 5.81. The first kappa shape index (κ1) is 22.0. The number of aliphatic imine (C=N–C) groups is 1. The summed E-state index contributed by atoms with van der Waals surface area (Å²) in [5.74, 6) is 1.90. The zero-order chi connectivity index (χ0) is 16.4. The van der Waals surface area contributed by atoms with Crippen LogP contribution in [0.15, 0.2) is 29.3 Å². The van der Waals surface area contributed by atoms with Crippen LogP contribution in [0, 0.1) is 0 Å². The Balaban J connectivity index is 0.00000484. The predicted octanol–water partition coefficient (Wildman–Crippen LogP) is 3.94. The molecule has 1 aromatic carbocycles. The molecule has 1 rings (SSSR count). The highest BCUT2D eigenvalue weighted by Crippen LogP contribution is 2.13. The van der Waals surface area contributed by atoms with E-state index in [-0.39, 0.29) is 30.1 Å². The number of halogens is 1. The summed E-state index contributed by atoms with van der Waals surface area (Å²) in [4.78, 5) is 6.51. The summed E-state index contributed by atoms with van der Waals surface area (Å²) in [6, 6.07) is 8.33. The minimum Gasteiger partial charge on any atom is -0.491 e. The quantitative estimate of drug-likeness (QED) is 0.383. The van der Waals surface area contributed by atoms with E-state index in [0.717, 1.165) is 31.2 Å². The van der Waals surface area contributed by atoms with Crippen molar-refractivity contribution in [3.8, 4) is 5.75 Å². The van der Waals surface area contributed by atoms with Crippen LogP contribution in [0.2, 0.25) is 0 Å². The largest absolute Gasteiger partial charge is 0.491 e. The summed E-state index contributed by atoms with van der Waals surface area (Å²) in [5.41, 5.74) is 1.30. The number of ether oxygens (including phenoxy) is 1. The summed E-state index contributed by atoms with van der Waals surface area (Å²) in [6.07, 6.45) is 3.58. The van der Waals surface area contributed by atoms with Gasteiger partial charge in [0.1, 0.15) is 5.75 Å². The third-order valence-corrected chi connectivity index (χ3v) is 3.41. The third-order valence-electron chi connectivity index (χ3n) is 3.41. The summed E-state index contributed by atoms with van der Waals surface area (Å²) in [7, 11) is 3.92. The lowest BCUT2D eigenvalue weighted by Gasteiger charge is -2.21. The summed E-state index contributed by atoms with van der Waals surface area (Å²) < 4.78 is 5.66. The van der Waals surface area contributed by atoms with E-state index in [2.05, 4.69) is 41.3 Å². The van der Waals surface area contributed by atoms with Crippen LogP contribution >= 0.6 is 24.0 Å². The van der Waals surface area contributed by atoms with Crippen LogP contribution in [0.5, 0.6) is 5.75 Å². The number of guanidine groups is 1. The Hall–Kier alpha value is -0.980. The Kier molecular flexibility index (Phi) is 11.9. The van der Waals surface area contributed by atoms with E-state index in [1.165, 1.54) is 18.4 Å². The maximum atomic E-state index is 5.66. The average molecular weight is 433 g/mol. The Morgan fingerprint density at radius 1 is 1.26 bits per heavy atom. The molecule has 23 heavy (non-hydrogen) atoms. The maximum Gasteiger partial charge on any atom is 0.193 e. The predicted molar refractivity (Wildman–Crippen MR) is 110 cm³/mol. The van der Waals surface area contributed by atoms with Crippen molar-refractivity contribution in [3.05, 3.63) is 29.8 Å². The van der Waals surface area contributed by atoms with Crippen LogP contribution in [-0.2, 0) is 6.42 Å². The molecule has 0 aliphatic carbocycles. The second kappa shape index (κ2) is 12.4. The van der Waals surface area contributed by atoms with Gasteiger partial charge in [0.25, 0.3) is 0 Å². The lowest BCUT2D eigenvalue weighted by molar-refractivity contribution is 0.242. The molecule has 0 saturated heterocycles. The van der Waals surface area contributed by atoms with Crippen LogP contribution < -0.4 is 10.1 Å². The molecule has 132 valence electrons. The van der Waals surface area contributed by atoms with Gasteiger partial charge in [-0.1, -0.05) is 25.5 Å². The Morgan fingerprint density at radius 3 is 2.43 bits per heavy atom. The van der Waals surface area contributed by atoms with Crippen molar-refractivity contribution < 1.29 is 4.74 Å². The number of nitrogens with one attached hydrogen (secondary N) is 1. The fraction of sp³-hybridized carbons (Fsp3) is 0.611. The van der Waals surface area contributed by atoms with E-state index in [1.54, 1.807) is 0 Å². The molecule has 1 N–H and O–H groups in total. The van der Waals surface area contributed by atoms with E-state index in [1.807, 2.05) is 33.0 Å². The molecular formula is C18H32IN3O. The molecule has 0 aliphatic heterocycles. The molecule has 0 fully saturated rings. The number of hydrogen-bond acceptors (Lipinski definition) is 2. The van der Waals surface area contributed by atoms with Gasteiger partial charge in [0.15, 0.2) is 5.96 Å². The fourth-order valence-electron chi connectivity index (χ4n) is 2.21. The Labute approximate surface area is 158 Å². The van der Waals surface area contributed by atoms with Crippen LogP contribution in [0.3, 0.4) is 0 Å². The molecule has 4 nitrogen and oxygen atoms in total. The summed E-state index contributed by atoms with van der Waals surface area (Å²) in [6.45, 7) is 8.21. The molecule has 0 saturated carbocycles. The minimum absolute atomic E-state index is 0. The molecule has 0 spiro atoms. The van der Waals surface area contributed by atoms with E-state index in [9.17, 15) is 0 Å². The Bertz CT molecular complexity index is 446. The van der Waals surface area contributed by atoms with Crippen LogP contribution in [0.25, 0.3) is 0 Å². The first-order chi connectivity index (χ1) is 10.6. The van der Waals surface area contributed by atoms with Gasteiger partial charge in [-0.2, -0.15) is 0 Å². The van der Waals surface area contributed by atoms with Crippen molar-refractivity contribution in [2.24, 2.45) is 4.99 Å². The standard InChI is InChI=1S/C18H31N3O.HI/c1-6-7-14-21(5)18(19-4)20-13-12-16-8-10-17(11-9-16)22-15(2)3;/h8-11,15H,6-7,12-14H2,1-5H3,(H,19,20);1H. The first-order valence-electron chi connectivity index (χ1n) is 8.24. The summed E-state index contributed by atoms with van der Waals surface area (Å²) in [5, 5.41) is 3.42. The fourth-order valence-corrected chi connectivity index (χ4v) is 2.21. The second-order valence-corrected chi connectivity index (χ2v) is 5.81. The van der Waals surface area contributed by atoms with Gasteiger partial charge in [-0.3, -0.25) is 4.99 Å². The number of nitrogens with zero attached hydrogens (tertiary/aromatic N) is 2. The smallest absolute Gasteiger partial charge is 0.193 e. The number of rotatable bonds is 8. The van der Waals surface area contributed by atoms with Gasteiger partial charge < -0.3 is 15.0 Å². The van der Waals surface area contributed by atoms with Crippen molar-refractivity contribution >= 4 is 29.9 Å². The molecule has 0 aromatic heterocycles. The molecule has 0 heterocycles. The van der Waals surface area contributed by atoms with Gasteiger partial charge in [0.05, 0.1) is 6.10 Å². The minimum atomic E-state index is 0. The highest BCUT2D eigenvalue weighted by molar-refractivity contribution is 14.0. The lowest BCUT2D eigenvalue weighted by atomic mass is 10.1. The molecule has 0 bridgehead atoms. The van der Waals surface area contributed by atoms with Gasteiger partial charge in [-0.05, 0) is 44.4 Å². The monoisotopic (exact) mass is 433 g/mol. The van der Waals surface area contributed by atoms with E-state index >= 15 is 0 Å². The van der Waals surface area contributed by atoms with Crippen LogP contribution in [0.1, 0.15) is 39.2 Å². The average Bonchev–Trinajstić information content (AvgIpc) is 2.50. The summed E-state index contributed by atoms with van der Waals surface area (Å²) >= 11 is 0. The molecular weight excluding hydrogens is 401 g/mol. The number of hydrogen-bond donors (Lipinski definition) is 1.